The number of carbonyl (C=O) groups is 1. The van der Waals surface area contributed by atoms with Gasteiger partial charge in [-0.15, -0.1) is 0 Å². The number of methoxy groups -OCH3 is 1. The van der Waals surface area contributed by atoms with Crippen LogP contribution < -0.4 is 0 Å². The molecule has 0 N–H and O–H groups in total. The molecule has 1 aromatic rings. The fourth-order valence-electron chi connectivity index (χ4n) is 1.42. The van der Waals surface area contributed by atoms with Gasteiger partial charge in [0.25, 0.3) is 0 Å². The SMILES string of the molecule is COC/C(C)=C/C(=O)c1ccccc1C. The molecule has 0 amide bonds. The molecule has 0 fully saturated rings. The molecule has 0 atom stereocenters. The standard InChI is InChI=1S/C13H16O2/c1-10(9-15-3)8-13(14)12-7-5-4-6-11(12)2/h4-8H,9H2,1-3H3/b10-8+. The van der Waals surface area contributed by atoms with Crippen molar-refractivity contribution in [3.63, 3.8) is 0 Å². The molecule has 0 radical (unpaired) electrons. The first-order valence-electron chi connectivity index (χ1n) is 4.91. The molecule has 2 heteroatoms. The Labute approximate surface area is 90.6 Å². The lowest BCUT2D eigenvalue weighted by molar-refractivity contribution is 0.104. The second-order valence-electron chi connectivity index (χ2n) is 3.60. The van der Waals surface area contributed by atoms with E-state index in [1.807, 2.05) is 38.1 Å². The highest BCUT2D eigenvalue weighted by atomic mass is 16.5. The summed E-state index contributed by atoms with van der Waals surface area (Å²) in [4.78, 5) is 11.8. The van der Waals surface area contributed by atoms with Gasteiger partial charge in [-0.25, -0.2) is 0 Å². The van der Waals surface area contributed by atoms with E-state index >= 15 is 0 Å². The molecule has 0 aromatic heterocycles. The van der Waals surface area contributed by atoms with Gasteiger partial charge in [-0.05, 0) is 31.1 Å². The quantitative estimate of drug-likeness (QED) is 0.557. The number of hydrogen-bond acceptors (Lipinski definition) is 2. The Morgan fingerprint density at radius 1 is 1.40 bits per heavy atom. The van der Waals surface area contributed by atoms with E-state index in [0.717, 1.165) is 16.7 Å². The fraction of sp³-hybridized carbons (Fsp3) is 0.308. The average Bonchev–Trinajstić information content (AvgIpc) is 2.18. The summed E-state index contributed by atoms with van der Waals surface area (Å²) in [5.41, 5.74) is 2.70. The van der Waals surface area contributed by atoms with E-state index in [1.54, 1.807) is 13.2 Å². The van der Waals surface area contributed by atoms with Gasteiger partial charge in [0.15, 0.2) is 5.78 Å². The Balaban J connectivity index is 2.86. The first-order chi connectivity index (χ1) is 7.15. The molecule has 15 heavy (non-hydrogen) atoms. The lowest BCUT2D eigenvalue weighted by Crippen LogP contribution is -2.00. The van der Waals surface area contributed by atoms with Gasteiger partial charge in [-0.1, -0.05) is 24.3 Å². The molecular weight excluding hydrogens is 188 g/mol. The predicted octanol–water partition coefficient (Wildman–Crippen LogP) is 2.77. The van der Waals surface area contributed by atoms with Crippen molar-refractivity contribution < 1.29 is 9.53 Å². The Bertz CT molecular complexity index is 378. The lowest BCUT2D eigenvalue weighted by Gasteiger charge is -2.02. The number of allylic oxidation sites excluding steroid dienone is 1. The largest absolute Gasteiger partial charge is 0.380 e. The second-order valence-corrected chi connectivity index (χ2v) is 3.60. The predicted molar refractivity (Wildman–Crippen MR) is 61.1 cm³/mol. The zero-order chi connectivity index (χ0) is 11.3. The number of benzene rings is 1. The molecule has 0 aliphatic rings. The summed E-state index contributed by atoms with van der Waals surface area (Å²) < 4.78 is 4.95. The topological polar surface area (TPSA) is 26.3 Å². The third-order valence-electron chi connectivity index (χ3n) is 2.16. The molecule has 2 nitrogen and oxygen atoms in total. The maximum absolute atomic E-state index is 11.8. The normalized spacial score (nSPS) is 11.5. The smallest absolute Gasteiger partial charge is 0.186 e. The van der Waals surface area contributed by atoms with E-state index < -0.39 is 0 Å². The highest BCUT2D eigenvalue weighted by Gasteiger charge is 2.05. The first kappa shape index (κ1) is 11.7. The molecule has 0 saturated heterocycles. The van der Waals surface area contributed by atoms with E-state index in [1.165, 1.54) is 0 Å². The summed E-state index contributed by atoms with van der Waals surface area (Å²) in [6, 6.07) is 7.58. The number of carbonyl (C=O) groups excluding carboxylic acids is 1. The van der Waals surface area contributed by atoms with Gasteiger partial charge in [-0.3, -0.25) is 4.79 Å². The van der Waals surface area contributed by atoms with Gasteiger partial charge in [0.2, 0.25) is 0 Å². The number of aryl methyl sites for hydroxylation is 1. The van der Waals surface area contributed by atoms with Crippen LogP contribution in [0, 0.1) is 6.92 Å². The molecule has 0 aliphatic carbocycles. The Hall–Kier alpha value is -1.41. The van der Waals surface area contributed by atoms with Crippen LogP contribution in [0.3, 0.4) is 0 Å². The van der Waals surface area contributed by atoms with E-state index in [2.05, 4.69) is 0 Å². The van der Waals surface area contributed by atoms with Crippen molar-refractivity contribution in [1.82, 2.24) is 0 Å². The van der Waals surface area contributed by atoms with Crippen molar-refractivity contribution in [3.05, 3.63) is 47.0 Å². The van der Waals surface area contributed by atoms with Crippen molar-refractivity contribution >= 4 is 5.78 Å². The average molecular weight is 204 g/mol. The molecule has 1 aromatic carbocycles. The minimum absolute atomic E-state index is 0.0441. The third-order valence-corrected chi connectivity index (χ3v) is 2.16. The van der Waals surface area contributed by atoms with Gasteiger partial charge in [-0.2, -0.15) is 0 Å². The Kier molecular flexibility index (Phi) is 4.25. The van der Waals surface area contributed by atoms with Gasteiger partial charge in [0.1, 0.15) is 0 Å². The van der Waals surface area contributed by atoms with Crippen LogP contribution in [-0.4, -0.2) is 19.5 Å². The molecule has 0 heterocycles. The molecule has 0 aliphatic heterocycles. The van der Waals surface area contributed by atoms with Crippen LogP contribution in [0.5, 0.6) is 0 Å². The molecule has 1 rings (SSSR count). The summed E-state index contributed by atoms with van der Waals surface area (Å²) in [7, 11) is 1.62. The maximum Gasteiger partial charge on any atom is 0.186 e. The third kappa shape index (κ3) is 3.33. The molecule has 0 bridgehead atoms. The summed E-state index contributed by atoms with van der Waals surface area (Å²) >= 11 is 0. The minimum Gasteiger partial charge on any atom is -0.380 e. The molecule has 0 spiro atoms. The van der Waals surface area contributed by atoms with Crippen LogP contribution in [0.4, 0.5) is 0 Å². The second kappa shape index (κ2) is 5.47. The van der Waals surface area contributed by atoms with Crippen molar-refractivity contribution in [2.45, 2.75) is 13.8 Å². The summed E-state index contributed by atoms with van der Waals surface area (Å²) in [5, 5.41) is 0. The van der Waals surface area contributed by atoms with Gasteiger partial charge in [0.05, 0.1) is 6.61 Å². The van der Waals surface area contributed by atoms with Crippen LogP contribution in [-0.2, 0) is 4.74 Å². The van der Waals surface area contributed by atoms with Crippen LogP contribution in [0.15, 0.2) is 35.9 Å². The number of hydrogen-bond donors (Lipinski definition) is 0. The molecule has 0 unspecified atom stereocenters. The highest BCUT2D eigenvalue weighted by Crippen LogP contribution is 2.09. The lowest BCUT2D eigenvalue weighted by atomic mass is 10.0. The van der Waals surface area contributed by atoms with Crippen LogP contribution in [0.1, 0.15) is 22.8 Å². The minimum atomic E-state index is 0.0441. The zero-order valence-corrected chi connectivity index (χ0v) is 9.41. The van der Waals surface area contributed by atoms with E-state index in [0.29, 0.717) is 6.61 Å². The number of rotatable bonds is 4. The summed E-state index contributed by atoms with van der Waals surface area (Å²) in [5.74, 6) is 0.0441. The van der Waals surface area contributed by atoms with E-state index in [9.17, 15) is 4.79 Å². The van der Waals surface area contributed by atoms with Crippen LogP contribution >= 0.6 is 0 Å². The monoisotopic (exact) mass is 204 g/mol. The number of ketones is 1. The molecule has 0 saturated carbocycles. The van der Waals surface area contributed by atoms with Crippen LogP contribution in [0.25, 0.3) is 0 Å². The van der Waals surface area contributed by atoms with Gasteiger partial charge >= 0.3 is 0 Å². The first-order valence-corrected chi connectivity index (χ1v) is 4.91. The highest BCUT2D eigenvalue weighted by molar-refractivity contribution is 6.05. The summed E-state index contributed by atoms with van der Waals surface area (Å²) in [6.45, 7) is 4.32. The van der Waals surface area contributed by atoms with Crippen LogP contribution in [0.2, 0.25) is 0 Å². The maximum atomic E-state index is 11.8. The fourth-order valence-corrected chi connectivity index (χ4v) is 1.42. The summed E-state index contributed by atoms with van der Waals surface area (Å²) in [6.07, 6.45) is 1.63. The zero-order valence-electron chi connectivity index (χ0n) is 9.41. The van der Waals surface area contributed by atoms with E-state index in [-0.39, 0.29) is 5.78 Å². The molecule has 80 valence electrons. The van der Waals surface area contributed by atoms with Crippen molar-refractivity contribution in [3.8, 4) is 0 Å². The van der Waals surface area contributed by atoms with Crippen molar-refractivity contribution in [1.29, 1.82) is 0 Å². The van der Waals surface area contributed by atoms with Crippen molar-refractivity contribution in [2.75, 3.05) is 13.7 Å². The van der Waals surface area contributed by atoms with Gasteiger partial charge in [0, 0.05) is 12.7 Å². The molecular formula is C13H16O2. The number of ether oxygens (including phenoxy) is 1. The Morgan fingerprint density at radius 3 is 2.67 bits per heavy atom. The Morgan fingerprint density at radius 2 is 2.07 bits per heavy atom. The van der Waals surface area contributed by atoms with Crippen molar-refractivity contribution in [2.24, 2.45) is 0 Å². The van der Waals surface area contributed by atoms with Gasteiger partial charge < -0.3 is 4.74 Å². The van der Waals surface area contributed by atoms with E-state index in [4.69, 9.17) is 4.74 Å².